The minimum absolute atomic E-state index is 0.0584. The number of rotatable bonds is 6. The number of hydrogen-bond acceptors (Lipinski definition) is 5. The highest BCUT2D eigenvalue weighted by Gasteiger charge is 2.23. The van der Waals surface area contributed by atoms with Crippen molar-refractivity contribution in [3.8, 4) is 0 Å². The first kappa shape index (κ1) is 19.5. The van der Waals surface area contributed by atoms with E-state index in [9.17, 15) is 9.59 Å². The largest absolute Gasteiger partial charge is 0.466 e. The molecule has 0 radical (unpaired) electrons. The lowest BCUT2D eigenvalue weighted by molar-refractivity contribution is -0.143. The van der Waals surface area contributed by atoms with Gasteiger partial charge in [-0.05, 0) is 32.4 Å². The molecule has 0 aliphatic heterocycles. The highest BCUT2D eigenvalue weighted by molar-refractivity contribution is 6.06. The molecule has 3 rings (SSSR count). The van der Waals surface area contributed by atoms with Crippen molar-refractivity contribution < 1.29 is 14.3 Å². The molecule has 2 heterocycles. The molecule has 1 atom stereocenters. The second kappa shape index (κ2) is 8.21. The van der Waals surface area contributed by atoms with Crippen LogP contribution in [-0.2, 0) is 16.6 Å². The van der Waals surface area contributed by atoms with E-state index in [-0.39, 0.29) is 18.3 Å². The van der Waals surface area contributed by atoms with Crippen LogP contribution in [0, 0.1) is 13.8 Å². The maximum Gasteiger partial charge on any atom is 0.308 e. The van der Waals surface area contributed by atoms with Crippen molar-refractivity contribution in [1.29, 1.82) is 0 Å². The van der Waals surface area contributed by atoms with Crippen LogP contribution in [0.15, 0.2) is 36.4 Å². The van der Waals surface area contributed by atoms with E-state index >= 15 is 0 Å². The fourth-order valence-electron chi connectivity index (χ4n) is 3.31. The standard InChI is InChI=1S/C21H24N4O3/c1-5-28-18(26)12-17(15-9-7-6-8-10-15)23-21(27)16-11-13(2)22-20-19(16)14(3)24-25(20)4/h6-11,17H,5,12H2,1-4H3,(H,23,27). The molecule has 0 bridgehead atoms. The van der Waals surface area contributed by atoms with Gasteiger partial charge in [-0.15, -0.1) is 0 Å². The molecule has 0 aliphatic carbocycles. The Morgan fingerprint density at radius 2 is 1.93 bits per heavy atom. The van der Waals surface area contributed by atoms with Crippen LogP contribution >= 0.6 is 0 Å². The second-order valence-corrected chi connectivity index (χ2v) is 6.66. The first-order valence-electron chi connectivity index (χ1n) is 9.23. The molecule has 146 valence electrons. The molecule has 0 aliphatic rings. The first-order chi connectivity index (χ1) is 13.4. The van der Waals surface area contributed by atoms with Gasteiger partial charge in [-0.3, -0.25) is 14.3 Å². The molecule has 1 aromatic carbocycles. The zero-order valence-electron chi connectivity index (χ0n) is 16.5. The number of fused-ring (bicyclic) bond motifs is 1. The number of esters is 1. The Bertz CT molecular complexity index is 1010. The maximum atomic E-state index is 13.2. The second-order valence-electron chi connectivity index (χ2n) is 6.66. The molecule has 0 spiro atoms. The minimum atomic E-state index is -0.492. The lowest BCUT2D eigenvalue weighted by Crippen LogP contribution is -2.31. The molecule has 0 saturated heterocycles. The third kappa shape index (κ3) is 4.03. The van der Waals surface area contributed by atoms with Gasteiger partial charge in [0.1, 0.15) is 0 Å². The lowest BCUT2D eigenvalue weighted by Gasteiger charge is -2.19. The summed E-state index contributed by atoms with van der Waals surface area (Å²) in [4.78, 5) is 29.7. The van der Waals surface area contributed by atoms with Crippen LogP contribution in [0.4, 0.5) is 0 Å². The van der Waals surface area contributed by atoms with Gasteiger partial charge in [0.05, 0.1) is 35.7 Å². The third-order valence-electron chi connectivity index (χ3n) is 4.52. The van der Waals surface area contributed by atoms with E-state index < -0.39 is 6.04 Å². The Kier molecular flexibility index (Phi) is 5.73. The molecule has 0 fully saturated rings. The molecule has 2 aromatic heterocycles. The highest BCUT2D eigenvalue weighted by atomic mass is 16.5. The molecule has 7 heteroatoms. The number of carbonyl (C=O) groups is 2. The number of benzene rings is 1. The third-order valence-corrected chi connectivity index (χ3v) is 4.52. The minimum Gasteiger partial charge on any atom is -0.466 e. The van der Waals surface area contributed by atoms with Gasteiger partial charge in [-0.1, -0.05) is 30.3 Å². The number of pyridine rings is 1. The molecule has 1 N–H and O–H groups in total. The summed E-state index contributed by atoms with van der Waals surface area (Å²) in [5, 5.41) is 8.09. The van der Waals surface area contributed by atoms with E-state index in [0.29, 0.717) is 23.2 Å². The van der Waals surface area contributed by atoms with Crippen LogP contribution in [0.2, 0.25) is 0 Å². The molecule has 0 saturated carbocycles. The van der Waals surface area contributed by atoms with Crippen LogP contribution in [0.3, 0.4) is 0 Å². The molecule has 1 unspecified atom stereocenters. The van der Waals surface area contributed by atoms with Crippen molar-refractivity contribution >= 4 is 22.9 Å². The summed E-state index contributed by atoms with van der Waals surface area (Å²) in [6.07, 6.45) is 0.0584. The summed E-state index contributed by atoms with van der Waals surface area (Å²) in [5.41, 5.74) is 3.45. The summed E-state index contributed by atoms with van der Waals surface area (Å²) >= 11 is 0. The average Bonchev–Trinajstić information content (AvgIpc) is 2.95. The van der Waals surface area contributed by atoms with Crippen LogP contribution in [0.5, 0.6) is 0 Å². The zero-order chi connectivity index (χ0) is 20.3. The first-order valence-corrected chi connectivity index (χ1v) is 9.23. The number of carbonyl (C=O) groups excluding carboxylic acids is 2. The summed E-state index contributed by atoms with van der Waals surface area (Å²) in [6.45, 7) is 5.75. The fraction of sp³-hybridized carbons (Fsp3) is 0.333. The van der Waals surface area contributed by atoms with Crippen molar-refractivity contribution in [2.45, 2.75) is 33.2 Å². The van der Waals surface area contributed by atoms with Gasteiger partial charge >= 0.3 is 5.97 Å². The van der Waals surface area contributed by atoms with Gasteiger partial charge in [-0.25, -0.2) is 4.98 Å². The van der Waals surface area contributed by atoms with E-state index in [0.717, 1.165) is 17.0 Å². The normalized spacial score (nSPS) is 12.0. The predicted octanol–water partition coefficient (Wildman–Crippen LogP) is 3.01. The topological polar surface area (TPSA) is 86.1 Å². The molecular formula is C21H24N4O3. The van der Waals surface area contributed by atoms with Gasteiger partial charge in [0.25, 0.3) is 5.91 Å². The van der Waals surface area contributed by atoms with E-state index in [1.165, 1.54) is 0 Å². The number of amides is 1. The van der Waals surface area contributed by atoms with Crippen molar-refractivity contribution in [2.75, 3.05) is 6.61 Å². The zero-order valence-corrected chi connectivity index (χ0v) is 16.5. The molecule has 28 heavy (non-hydrogen) atoms. The number of hydrogen-bond donors (Lipinski definition) is 1. The Balaban J connectivity index is 1.96. The molecular weight excluding hydrogens is 356 g/mol. The smallest absolute Gasteiger partial charge is 0.308 e. The number of nitrogens with one attached hydrogen (secondary N) is 1. The lowest BCUT2D eigenvalue weighted by atomic mass is 10.0. The van der Waals surface area contributed by atoms with Crippen LogP contribution in [0.1, 0.15) is 46.7 Å². The van der Waals surface area contributed by atoms with Crippen LogP contribution in [-0.4, -0.2) is 33.2 Å². The summed E-state index contributed by atoms with van der Waals surface area (Å²) in [7, 11) is 1.80. The number of aromatic nitrogens is 3. The van der Waals surface area contributed by atoms with Gasteiger partial charge in [-0.2, -0.15) is 5.10 Å². The Labute approximate surface area is 163 Å². The Morgan fingerprint density at radius 1 is 1.21 bits per heavy atom. The number of aryl methyl sites for hydroxylation is 3. The van der Waals surface area contributed by atoms with E-state index in [1.807, 2.05) is 44.2 Å². The van der Waals surface area contributed by atoms with Crippen LogP contribution < -0.4 is 5.32 Å². The monoisotopic (exact) mass is 380 g/mol. The van der Waals surface area contributed by atoms with Crippen molar-refractivity contribution in [3.05, 3.63) is 58.9 Å². The highest BCUT2D eigenvalue weighted by Crippen LogP contribution is 2.24. The quantitative estimate of drug-likeness (QED) is 0.665. The number of ether oxygens (including phenoxy) is 1. The SMILES string of the molecule is CCOC(=O)CC(NC(=O)c1cc(C)nc2c1c(C)nn2C)c1ccccc1. The van der Waals surface area contributed by atoms with E-state index in [1.54, 1.807) is 24.7 Å². The maximum absolute atomic E-state index is 13.2. The summed E-state index contributed by atoms with van der Waals surface area (Å²) < 4.78 is 6.75. The average molecular weight is 380 g/mol. The van der Waals surface area contributed by atoms with E-state index in [4.69, 9.17) is 4.74 Å². The molecule has 1 amide bonds. The fourth-order valence-corrected chi connectivity index (χ4v) is 3.31. The van der Waals surface area contributed by atoms with Crippen LogP contribution in [0.25, 0.3) is 11.0 Å². The van der Waals surface area contributed by atoms with Gasteiger partial charge in [0.15, 0.2) is 5.65 Å². The molecule has 7 nitrogen and oxygen atoms in total. The molecule has 3 aromatic rings. The summed E-state index contributed by atoms with van der Waals surface area (Å²) in [5.74, 6) is -0.630. The Morgan fingerprint density at radius 3 is 2.61 bits per heavy atom. The predicted molar refractivity (Wildman–Crippen MR) is 106 cm³/mol. The van der Waals surface area contributed by atoms with Gasteiger partial charge < -0.3 is 10.1 Å². The van der Waals surface area contributed by atoms with E-state index in [2.05, 4.69) is 15.4 Å². The van der Waals surface area contributed by atoms with Crippen molar-refractivity contribution in [3.63, 3.8) is 0 Å². The summed E-state index contributed by atoms with van der Waals surface area (Å²) in [6, 6.07) is 10.7. The van der Waals surface area contributed by atoms with Gasteiger partial charge in [0.2, 0.25) is 0 Å². The number of nitrogens with zero attached hydrogens (tertiary/aromatic N) is 3. The Hall–Kier alpha value is -3.22. The van der Waals surface area contributed by atoms with Gasteiger partial charge in [0, 0.05) is 12.7 Å². The van der Waals surface area contributed by atoms with Crippen molar-refractivity contribution in [1.82, 2.24) is 20.1 Å². The van der Waals surface area contributed by atoms with Crippen molar-refractivity contribution in [2.24, 2.45) is 7.05 Å².